The summed E-state index contributed by atoms with van der Waals surface area (Å²) in [7, 11) is 0. The van der Waals surface area contributed by atoms with Crippen molar-refractivity contribution in [2.45, 2.75) is 39.5 Å². The van der Waals surface area contributed by atoms with Crippen LogP contribution in [0.5, 0.6) is 5.75 Å². The van der Waals surface area contributed by atoms with E-state index in [-0.39, 0.29) is 5.75 Å². The maximum atomic E-state index is 10.3. The molecule has 0 radical (unpaired) electrons. The predicted molar refractivity (Wildman–Crippen MR) is 128 cm³/mol. The second-order valence-corrected chi connectivity index (χ2v) is 8.75. The summed E-state index contributed by atoms with van der Waals surface area (Å²) < 4.78 is 4.37. The van der Waals surface area contributed by atoms with Crippen molar-refractivity contribution in [3.63, 3.8) is 0 Å². The molecule has 156 valence electrons. The molecule has 2 heterocycles. The van der Waals surface area contributed by atoms with Gasteiger partial charge < -0.3 is 5.11 Å². The first-order chi connectivity index (χ1) is 15.0. The van der Waals surface area contributed by atoms with Gasteiger partial charge in [0.15, 0.2) is 0 Å². The molecule has 31 heavy (non-hydrogen) atoms. The normalized spacial score (nSPS) is 11.9. The molecule has 4 heteroatoms. The first kappa shape index (κ1) is 19.4. The van der Waals surface area contributed by atoms with Gasteiger partial charge in [-0.15, -0.1) is 0 Å². The van der Waals surface area contributed by atoms with E-state index >= 15 is 0 Å². The molecule has 0 unspecified atom stereocenters. The first-order valence-electron chi connectivity index (χ1n) is 10.9. The zero-order valence-corrected chi connectivity index (χ0v) is 18.4. The van der Waals surface area contributed by atoms with Gasteiger partial charge in [0.2, 0.25) is 5.95 Å². The number of rotatable bonds is 4. The third-order valence-electron chi connectivity index (χ3n) is 6.06. The highest BCUT2D eigenvalue weighted by molar-refractivity contribution is 6.09. The highest BCUT2D eigenvalue weighted by Gasteiger charge is 2.21. The van der Waals surface area contributed by atoms with Gasteiger partial charge in [0.1, 0.15) is 5.75 Å². The molecule has 0 saturated carbocycles. The molecule has 3 aromatic carbocycles. The van der Waals surface area contributed by atoms with Gasteiger partial charge in [-0.1, -0.05) is 64.1 Å². The lowest BCUT2D eigenvalue weighted by Crippen LogP contribution is -2.11. The molecule has 0 spiro atoms. The van der Waals surface area contributed by atoms with E-state index in [1.54, 1.807) is 6.07 Å². The van der Waals surface area contributed by atoms with Crippen LogP contribution in [0.4, 0.5) is 0 Å². The van der Waals surface area contributed by atoms with Crippen LogP contribution in [0.25, 0.3) is 33.4 Å². The average molecular weight is 410 g/mol. The van der Waals surface area contributed by atoms with Crippen molar-refractivity contribution < 1.29 is 5.11 Å². The Kier molecular flexibility index (Phi) is 4.58. The molecule has 0 bridgehead atoms. The summed E-state index contributed by atoms with van der Waals surface area (Å²) >= 11 is 0. The smallest absolute Gasteiger partial charge is 0.219 e. The van der Waals surface area contributed by atoms with Crippen LogP contribution in [0.3, 0.4) is 0 Å². The molecule has 4 nitrogen and oxygen atoms in total. The molecule has 0 aliphatic rings. The maximum Gasteiger partial charge on any atom is 0.219 e. The number of hydrogen-bond donors (Lipinski definition) is 1. The Morgan fingerprint density at radius 3 is 2.16 bits per heavy atom. The van der Waals surface area contributed by atoms with E-state index in [9.17, 15) is 5.11 Å². The summed E-state index contributed by atoms with van der Waals surface area (Å²) in [5.74, 6) is 1.84. The number of phenols is 1. The van der Waals surface area contributed by atoms with E-state index in [0.717, 1.165) is 27.8 Å². The van der Waals surface area contributed by atoms with E-state index in [2.05, 4.69) is 73.2 Å². The Morgan fingerprint density at radius 2 is 1.45 bits per heavy atom. The molecule has 1 N–H and O–H groups in total. The molecular weight excluding hydrogens is 382 g/mol. The van der Waals surface area contributed by atoms with E-state index in [1.807, 2.05) is 30.6 Å². The highest BCUT2D eigenvalue weighted by atomic mass is 16.3. The summed E-state index contributed by atoms with van der Waals surface area (Å²) in [5.41, 5.74) is 5.82. The van der Waals surface area contributed by atoms with Crippen LogP contribution in [0, 0.1) is 0 Å². The Morgan fingerprint density at radius 1 is 0.774 bits per heavy atom. The van der Waals surface area contributed by atoms with Crippen molar-refractivity contribution in [3.05, 3.63) is 84.2 Å². The van der Waals surface area contributed by atoms with Gasteiger partial charge in [-0.3, -0.25) is 9.13 Å². The van der Waals surface area contributed by atoms with Crippen LogP contribution in [0.1, 0.15) is 50.7 Å². The monoisotopic (exact) mass is 409 g/mol. The molecular formula is C27H27N3O. The maximum absolute atomic E-state index is 10.3. The largest absolute Gasteiger partial charge is 0.508 e. The third-order valence-corrected chi connectivity index (χ3v) is 6.06. The number of para-hydroxylation sites is 2. The van der Waals surface area contributed by atoms with E-state index < -0.39 is 0 Å². The lowest BCUT2D eigenvalue weighted by molar-refractivity contribution is 0.476. The van der Waals surface area contributed by atoms with Gasteiger partial charge >= 0.3 is 0 Å². The minimum atomic E-state index is 0.250. The average Bonchev–Trinajstić information content (AvgIpc) is 3.34. The molecule has 2 aromatic heterocycles. The van der Waals surface area contributed by atoms with Crippen LogP contribution in [-0.4, -0.2) is 19.2 Å². The Balaban J connectivity index is 1.89. The van der Waals surface area contributed by atoms with E-state index in [1.165, 1.54) is 16.8 Å². The van der Waals surface area contributed by atoms with Crippen molar-refractivity contribution in [3.8, 4) is 17.4 Å². The number of aromatic nitrogens is 3. The zero-order valence-electron chi connectivity index (χ0n) is 18.4. The standard InChI is InChI=1S/C27H27N3O/c1-17(2)20-9-7-10-21(18(3)4)26(20)29-15-14-28-27(29)30-24-11-6-5-8-22(24)23-13-12-19(31)16-25(23)30/h5-18,31H,1-4H3. The topological polar surface area (TPSA) is 43.0 Å². The third kappa shape index (κ3) is 3.02. The second-order valence-electron chi connectivity index (χ2n) is 8.75. The zero-order chi connectivity index (χ0) is 21.7. The van der Waals surface area contributed by atoms with Gasteiger partial charge in [0.05, 0.1) is 16.7 Å². The summed E-state index contributed by atoms with van der Waals surface area (Å²) in [4.78, 5) is 4.81. The molecule has 0 aliphatic carbocycles. The van der Waals surface area contributed by atoms with E-state index in [0.29, 0.717) is 11.8 Å². The number of aromatic hydroxyl groups is 1. The minimum Gasteiger partial charge on any atom is -0.508 e. The van der Waals surface area contributed by atoms with Crippen LogP contribution >= 0.6 is 0 Å². The highest BCUT2D eigenvalue weighted by Crippen LogP contribution is 2.36. The molecule has 5 rings (SSSR count). The van der Waals surface area contributed by atoms with Gasteiger partial charge in [-0.25, -0.2) is 4.98 Å². The lowest BCUT2D eigenvalue weighted by Gasteiger charge is -2.22. The number of nitrogens with zero attached hydrogens (tertiary/aromatic N) is 3. The second kappa shape index (κ2) is 7.31. The summed E-state index contributed by atoms with van der Waals surface area (Å²) in [5, 5.41) is 12.5. The fourth-order valence-corrected chi connectivity index (χ4v) is 4.60. The predicted octanol–water partition coefficient (Wildman–Crippen LogP) is 6.92. The number of benzene rings is 3. The minimum absolute atomic E-state index is 0.250. The quantitative estimate of drug-likeness (QED) is 0.350. The van der Waals surface area contributed by atoms with Gasteiger partial charge in [-0.05, 0) is 41.2 Å². The van der Waals surface area contributed by atoms with Crippen molar-refractivity contribution in [1.29, 1.82) is 0 Å². The van der Waals surface area contributed by atoms with Gasteiger partial charge in [-0.2, -0.15) is 0 Å². The SMILES string of the molecule is CC(C)c1cccc(C(C)C)c1-n1ccnc1-n1c2ccccc2c2ccc(O)cc21. The Hall–Kier alpha value is -3.53. The summed E-state index contributed by atoms with van der Waals surface area (Å²) in [6, 6.07) is 20.5. The molecule has 0 aliphatic heterocycles. The number of phenolic OH excluding ortho intramolecular Hbond substituents is 1. The van der Waals surface area contributed by atoms with Crippen LogP contribution < -0.4 is 0 Å². The van der Waals surface area contributed by atoms with Crippen molar-refractivity contribution in [2.24, 2.45) is 0 Å². The van der Waals surface area contributed by atoms with Crippen molar-refractivity contribution >= 4 is 21.8 Å². The first-order valence-corrected chi connectivity index (χ1v) is 10.9. The number of imidazole rings is 1. The van der Waals surface area contributed by atoms with Crippen LogP contribution in [0.2, 0.25) is 0 Å². The Bertz CT molecular complexity index is 1380. The Labute approximate surface area is 182 Å². The van der Waals surface area contributed by atoms with Crippen LogP contribution in [0.15, 0.2) is 73.1 Å². The number of hydrogen-bond acceptors (Lipinski definition) is 2. The molecule has 0 fully saturated rings. The summed E-state index contributed by atoms with van der Waals surface area (Å²) in [6.07, 6.45) is 3.91. The van der Waals surface area contributed by atoms with Crippen molar-refractivity contribution in [2.75, 3.05) is 0 Å². The molecule has 5 aromatic rings. The molecule has 0 amide bonds. The lowest BCUT2D eigenvalue weighted by atomic mass is 9.92. The van der Waals surface area contributed by atoms with E-state index in [4.69, 9.17) is 4.98 Å². The number of fused-ring (bicyclic) bond motifs is 3. The molecule has 0 atom stereocenters. The molecule has 0 saturated heterocycles. The van der Waals surface area contributed by atoms with Gasteiger partial charge in [0.25, 0.3) is 0 Å². The van der Waals surface area contributed by atoms with Crippen LogP contribution in [-0.2, 0) is 0 Å². The van der Waals surface area contributed by atoms with Gasteiger partial charge in [0, 0.05) is 29.2 Å². The fourth-order valence-electron chi connectivity index (χ4n) is 4.60. The summed E-state index contributed by atoms with van der Waals surface area (Å²) in [6.45, 7) is 8.94. The van der Waals surface area contributed by atoms with Crippen molar-refractivity contribution in [1.82, 2.24) is 14.1 Å². The fraction of sp³-hybridized carbons (Fsp3) is 0.222.